The first kappa shape index (κ1) is 18.4. The van der Waals surface area contributed by atoms with Crippen molar-refractivity contribution in [3.8, 4) is 11.1 Å². The topological polar surface area (TPSA) is 132 Å². The number of aryl methyl sites for hydroxylation is 1. The summed E-state index contributed by atoms with van der Waals surface area (Å²) >= 11 is 0. The van der Waals surface area contributed by atoms with Gasteiger partial charge in [-0.15, -0.1) is 5.11 Å². The van der Waals surface area contributed by atoms with E-state index in [1.807, 2.05) is 0 Å². The van der Waals surface area contributed by atoms with Crippen molar-refractivity contribution in [2.24, 2.45) is 20.4 Å². The molecule has 0 aliphatic carbocycles. The Balaban J connectivity index is 2.09. The molecule has 1 aliphatic heterocycles. The Bertz CT molecular complexity index is 1110. The van der Waals surface area contributed by atoms with Crippen molar-refractivity contribution in [2.45, 2.75) is 11.4 Å². The molecule has 3 rings (SSSR count). The minimum Gasteiger partial charge on any atom is -0.271 e. The number of amidine groups is 1. The van der Waals surface area contributed by atoms with Crippen LogP contribution >= 0.6 is 0 Å². The number of hydrogen-bond acceptors (Lipinski definition) is 7. The molecule has 0 radical (unpaired) electrons. The van der Waals surface area contributed by atoms with Gasteiger partial charge in [-0.3, -0.25) is 9.82 Å². The van der Waals surface area contributed by atoms with Gasteiger partial charge in [0.25, 0.3) is 0 Å². The van der Waals surface area contributed by atoms with Crippen LogP contribution in [0.3, 0.4) is 0 Å². The highest BCUT2D eigenvalue weighted by atomic mass is 32.2. The molecule has 2 N–H and O–H groups in total. The fourth-order valence-corrected chi connectivity index (χ4v) is 3.91. The number of nitrogens with two attached hydrogens (primary N) is 1. The highest BCUT2D eigenvalue weighted by Gasteiger charge is 2.21. The first-order valence-electron chi connectivity index (χ1n) is 7.56. The molecule has 0 saturated carbocycles. The van der Waals surface area contributed by atoms with E-state index in [1.165, 1.54) is 10.9 Å². The van der Waals surface area contributed by atoms with Crippen LogP contribution in [0.4, 0.5) is 0 Å². The van der Waals surface area contributed by atoms with Gasteiger partial charge in [0.15, 0.2) is 12.5 Å². The Morgan fingerprint density at radius 2 is 2.08 bits per heavy atom. The monoisotopic (exact) mass is 394 g/mol. The van der Waals surface area contributed by atoms with E-state index in [9.17, 15) is 12.6 Å². The summed E-state index contributed by atoms with van der Waals surface area (Å²) in [5.74, 6) is 3.88. The summed E-state index contributed by atoms with van der Waals surface area (Å²) in [6.45, 7) is 0.428. The summed E-state index contributed by atoms with van der Waals surface area (Å²) in [6, 6.07) is 5.14. The van der Waals surface area contributed by atoms with Crippen LogP contribution in [0, 0.1) is 0 Å². The summed E-state index contributed by atoms with van der Waals surface area (Å²) in [5, 5.41) is 17.8. The number of aliphatic imine (C=N–C) groups is 1. The highest BCUT2D eigenvalue weighted by Crippen LogP contribution is 2.30. The number of rotatable bonds is 6. The fraction of sp³-hybridized carbons (Fsp3) is 0.267. The lowest BCUT2D eigenvalue weighted by Crippen LogP contribution is -2.16. The molecule has 1 aromatic carbocycles. The van der Waals surface area contributed by atoms with Gasteiger partial charge >= 0.3 is 0 Å². The van der Waals surface area contributed by atoms with E-state index in [0.717, 1.165) is 0 Å². The Morgan fingerprint density at radius 3 is 2.69 bits per heavy atom. The average molecular weight is 394 g/mol. The molecule has 11 heteroatoms. The van der Waals surface area contributed by atoms with Crippen LogP contribution in [0.2, 0.25) is 0 Å². The average Bonchev–Trinajstić information content (AvgIpc) is 3.22. The molecule has 0 bridgehead atoms. The predicted molar refractivity (Wildman–Crippen MR) is 101 cm³/mol. The number of hydrogen-bond donors (Lipinski definition) is 1. The van der Waals surface area contributed by atoms with E-state index in [4.69, 9.17) is 5.14 Å². The van der Waals surface area contributed by atoms with Gasteiger partial charge in [0.2, 0.25) is 0 Å². The van der Waals surface area contributed by atoms with Gasteiger partial charge in [-0.1, -0.05) is 12.1 Å². The highest BCUT2D eigenvalue weighted by molar-refractivity contribution is 7.98. The van der Waals surface area contributed by atoms with Gasteiger partial charge in [-0.2, -0.15) is 10.2 Å². The van der Waals surface area contributed by atoms with E-state index in [1.54, 1.807) is 30.6 Å². The second-order valence-electron chi connectivity index (χ2n) is 5.89. The third-order valence-corrected chi connectivity index (χ3v) is 5.72. The zero-order valence-corrected chi connectivity index (χ0v) is 15.7. The molecule has 2 aromatic rings. The molecule has 0 fully saturated rings. The molecule has 26 heavy (non-hydrogen) atoms. The molecule has 1 atom stereocenters. The summed E-state index contributed by atoms with van der Waals surface area (Å²) in [6.07, 6.45) is 4.48. The number of sulfone groups is 1. The molecule has 138 valence electrons. The summed E-state index contributed by atoms with van der Waals surface area (Å²) in [5.41, 5.74) is 1.87. The van der Waals surface area contributed by atoms with Crippen LogP contribution in [-0.4, -0.2) is 52.8 Å². The Morgan fingerprint density at radius 1 is 1.31 bits per heavy atom. The first-order valence-corrected chi connectivity index (χ1v) is 11.4. The van der Waals surface area contributed by atoms with Crippen molar-refractivity contribution in [3.63, 3.8) is 0 Å². The lowest BCUT2D eigenvalue weighted by Gasteiger charge is -2.13. The number of nitrogens with zero attached hydrogens (tertiary/aromatic N) is 5. The molecule has 9 nitrogen and oxygen atoms in total. The van der Waals surface area contributed by atoms with Crippen LogP contribution in [0.15, 0.2) is 50.7 Å². The largest absolute Gasteiger partial charge is 0.271 e. The molecule has 1 unspecified atom stereocenters. The number of aromatic nitrogens is 2. The zero-order chi connectivity index (χ0) is 18.9. The second-order valence-corrected chi connectivity index (χ2v) is 10.0. The third-order valence-electron chi connectivity index (χ3n) is 3.71. The van der Waals surface area contributed by atoms with Gasteiger partial charge < -0.3 is 0 Å². The maximum absolute atomic E-state index is 12.4. The smallest absolute Gasteiger partial charge is 0.180 e. The van der Waals surface area contributed by atoms with E-state index in [0.29, 0.717) is 27.4 Å². The number of azo groups is 1. The van der Waals surface area contributed by atoms with Crippen LogP contribution in [0.1, 0.15) is 5.56 Å². The molecular formula is C15H18N6O3S2. The van der Waals surface area contributed by atoms with Crippen LogP contribution in [0.5, 0.6) is 0 Å². The molecule has 1 aliphatic rings. The molecule has 0 saturated heterocycles. The Hall–Kier alpha value is -2.37. The van der Waals surface area contributed by atoms with Crippen LogP contribution < -0.4 is 5.14 Å². The fourth-order valence-electron chi connectivity index (χ4n) is 2.53. The first-order chi connectivity index (χ1) is 12.1. The van der Waals surface area contributed by atoms with Gasteiger partial charge in [-0.05, 0) is 17.5 Å². The lowest BCUT2D eigenvalue weighted by atomic mass is 10.0. The zero-order valence-electron chi connectivity index (χ0n) is 14.1. The lowest BCUT2D eigenvalue weighted by molar-refractivity contribution is 0.586. The second kappa shape index (κ2) is 6.74. The van der Waals surface area contributed by atoms with Crippen molar-refractivity contribution in [1.29, 1.82) is 0 Å². The Labute approximate surface area is 151 Å². The van der Waals surface area contributed by atoms with E-state index >= 15 is 0 Å². The van der Waals surface area contributed by atoms with Crippen molar-refractivity contribution in [3.05, 3.63) is 36.2 Å². The van der Waals surface area contributed by atoms with Gasteiger partial charge in [0, 0.05) is 23.6 Å². The van der Waals surface area contributed by atoms with Gasteiger partial charge in [0.05, 0.1) is 33.1 Å². The number of benzene rings is 1. The van der Waals surface area contributed by atoms with Crippen LogP contribution in [0.25, 0.3) is 11.1 Å². The van der Waals surface area contributed by atoms with Gasteiger partial charge in [0.1, 0.15) is 9.84 Å². The normalized spacial score (nSPS) is 16.5. The maximum atomic E-state index is 12.4. The molecular weight excluding hydrogens is 376 g/mol. The standard InChI is InChI=1S/C15H18N6O3S2/c1-25(22,23)7-6-21-9-11(8-19-21)12-4-3-5-13(26(2,16)24)14(12)15-17-10-18-20-15/h3-5,8-9H,2,6-7,10H2,1H3,(H2,16,24). The molecule has 1 aromatic heterocycles. The van der Waals surface area contributed by atoms with E-state index in [-0.39, 0.29) is 19.0 Å². The SMILES string of the molecule is C=S(N)(=O)c1cccc(-c2cnn(CCS(C)(=O)=O)c2)c1C1=NCN=N1. The van der Waals surface area contributed by atoms with E-state index < -0.39 is 19.5 Å². The summed E-state index contributed by atoms with van der Waals surface area (Å²) in [4.78, 5) is 4.54. The molecule has 0 amide bonds. The molecule has 2 heterocycles. The Kier molecular flexibility index (Phi) is 4.78. The maximum Gasteiger partial charge on any atom is 0.180 e. The summed E-state index contributed by atoms with van der Waals surface area (Å²) in [7, 11) is -6.11. The van der Waals surface area contributed by atoms with Crippen molar-refractivity contribution in [2.75, 3.05) is 18.7 Å². The van der Waals surface area contributed by atoms with Gasteiger partial charge in [-0.25, -0.2) is 17.6 Å². The minimum absolute atomic E-state index is 0.0164. The quantitative estimate of drug-likeness (QED) is 0.723. The summed E-state index contributed by atoms with van der Waals surface area (Å²) < 4.78 is 36.6. The molecule has 0 spiro atoms. The predicted octanol–water partition coefficient (Wildman–Crippen LogP) is 0.714. The van der Waals surface area contributed by atoms with Crippen molar-refractivity contribution >= 4 is 31.3 Å². The van der Waals surface area contributed by atoms with Crippen molar-refractivity contribution in [1.82, 2.24) is 9.78 Å². The minimum atomic E-state index is -3.10. The van der Waals surface area contributed by atoms with Crippen LogP contribution in [-0.2, 0) is 26.1 Å². The van der Waals surface area contributed by atoms with E-state index in [2.05, 4.69) is 26.2 Å². The van der Waals surface area contributed by atoms with Crippen molar-refractivity contribution < 1.29 is 12.6 Å². The third kappa shape index (κ3) is 4.06.